The smallest absolute Gasteiger partial charge is 0.269 e. The largest absolute Gasteiger partial charge is 0.494 e. The molecule has 2 N–H and O–H groups in total. The quantitative estimate of drug-likeness (QED) is 0.287. The van der Waals surface area contributed by atoms with Gasteiger partial charge in [0.2, 0.25) is 0 Å². The number of aliphatic imine (C=N–C) groups is 1. The zero-order valence-corrected chi connectivity index (χ0v) is 17.6. The van der Waals surface area contributed by atoms with E-state index in [9.17, 15) is 14.5 Å². The van der Waals surface area contributed by atoms with Gasteiger partial charge in [0.15, 0.2) is 17.5 Å². The summed E-state index contributed by atoms with van der Waals surface area (Å²) in [5.41, 5.74) is 1.63. The SMILES string of the molecule is COc1ccc(C(C)NC(=NCc2ccc([N+](=O)[O-])cc2)NCC2CCCO2)cc1F. The summed E-state index contributed by atoms with van der Waals surface area (Å²) in [6, 6.07) is 10.9. The zero-order chi connectivity index (χ0) is 22.2. The van der Waals surface area contributed by atoms with Crippen LogP contribution in [0.15, 0.2) is 47.5 Å². The van der Waals surface area contributed by atoms with Gasteiger partial charge in [0.05, 0.1) is 30.7 Å². The van der Waals surface area contributed by atoms with E-state index in [0.29, 0.717) is 19.0 Å². The summed E-state index contributed by atoms with van der Waals surface area (Å²) in [6.07, 6.45) is 2.15. The number of benzene rings is 2. The molecule has 0 aromatic heterocycles. The van der Waals surface area contributed by atoms with Crippen LogP contribution >= 0.6 is 0 Å². The van der Waals surface area contributed by atoms with Crippen molar-refractivity contribution >= 4 is 11.6 Å². The fourth-order valence-electron chi connectivity index (χ4n) is 3.30. The van der Waals surface area contributed by atoms with E-state index < -0.39 is 10.7 Å². The van der Waals surface area contributed by atoms with Crippen molar-refractivity contribution < 1.29 is 18.8 Å². The monoisotopic (exact) mass is 430 g/mol. The predicted molar refractivity (Wildman–Crippen MR) is 116 cm³/mol. The van der Waals surface area contributed by atoms with Crippen LogP contribution in [0.4, 0.5) is 10.1 Å². The molecule has 0 radical (unpaired) electrons. The summed E-state index contributed by atoms with van der Waals surface area (Å²) in [4.78, 5) is 15.0. The molecular weight excluding hydrogens is 403 g/mol. The van der Waals surface area contributed by atoms with Gasteiger partial charge >= 0.3 is 0 Å². The first kappa shape index (κ1) is 22.5. The zero-order valence-electron chi connectivity index (χ0n) is 17.6. The Morgan fingerprint density at radius 3 is 2.74 bits per heavy atom. The number of halogens is 1. The van der Waals surface area contributed by atoms with Gasteiger partial charge in [-0.05, 0) is 43.0 Å². The molecule has 0 bridgehead atoms. The predicted octanol–water partition coefficient (Wildman–Crippen LogP) is 3.72. The fraction of sp³-hybridized carbons (Fsp3) is 0.409. The Kier molecular flexibility index (Phi) is 7.77. The number of hydrogen-bond donors (Lipinski definition) is 2. The van der Waals surface area contributed by atoms with Gasteiger partial charge in [0.25, 0.3) is 5.69 Å². The molecule has 0 aliphatic carbocycles. The number of nitrogens with one attached hydrogen (secondary N) is 2. The molecule has 1 fully saturated rings. The Morgan fingerprint density at radius 2 is 2.13 bits per heavy atom. The lowest BCUT2D eigenvalue weighted by atomic mass is 10.1. The van der Waals surface area contributed by atoms with Gasteiger partial charge in [-0.25, -0.2) is 9.38 Å². The second-order valence-electron chi connectivity index (χ2n) is 7.36. The second kappa shape index (κ2) is 10.7. The second-order valence-corrected chi connectivity index (χ2v) is 7.36. The van der Waals surface area contributed by atoms with Gasteiger partial charge in [-0.1, -0.05) is 18.2 Å². The highest BCUT2D eigenvalue weighted by Crippen LogP contribution is 2.22. The van der Waals surface area contributed by atoms with Crippen molar-refractivity contribution in [2.45, 2.75) is 38.5 Å². The van der Waals surface area contributed by atoms with Crippen molar-refractivity contribution in [1.29, 1.82) is 0 Å². The van der Waals surface area contributed by atoms with E-state index in [1.54, 1.807) is 24.3 Å². The number of nitro groups is 1. The topological polar surface area (TPSA) is 98.0 Å². The molecule has 8 nitrogen and oxygen atoms in total. The molecule has 2 aromatic carbocycles. The average molecular weight is 430 g/mol. The van der Waals surface area contributed by atoms with Crippen molar-refractivity contribution in [2.75, 3.05) is 20.3 Å². The van der Waals surface area contributed by atoms with Crippen LogP contribution in [-0.4, -0.2) is 37.2 Å². The standard InChI is InChI=1S/C22H27FN4O4/c1-15(17-7-10-21(30-2)20(23)12-17)26-22(25-14-19-4-3-11-31-19)24-13-16-5-8-18(9-6-16)27(28)29/h5-10,12,15,19H,3-4,11,13-14H2,1-2H3,(H2,24,25,26). The van der Waals surface area contributed by atoms with Crippen LogP contribution < -0.4 is 15.4 Å². The van der Waals surface area contributed by atoms with E-state index in [-0.39, 0.29) is 23.6 Å². The van der Waals surface area contributed by atoms with Crippen molar-refractivity contribution in [3.63, 3.8) is 0 Å². The molecule has 9 heteroatoms. The highest BCUT2D eigenvalue weighted by Gasteiger charge is 2.17. The maximum absolute atomic E-state index is 14.1. The summed E-state index contributed by atoms with van der Waals surface area (Å²) < 4.78 is 24.7. The van der Waals surface area contributed by atoms with Crippen LogP contribution in [0.5, 0.6) is 5.75 Å². The third-order valence-electron chi connectivity index (χ3n) is 5.12. The minimum Gasteiger partial charge on any atom is -0.494 e. The minimum atomic E-state index is -0.432. The number of methoxy groups -OCH3 is 1. The molecule has 2 atom stereocenters. The number of nitrogens with zero attached hydrogens (tertiary/aromatic N) is 2. The number of guanidine groups is 1. The van der Waals surface area contributed by atoms with Crippen molar-refractivity contribution in [1.82, 2.24) is 10.6 Å². The molecule has 2 unspecified atom stereocenters. The lowest BCUT2D eigenvalue weighted by molar-refractivity contribution is -0.384. The number of ether oxygens (including phenoxy) is 2. The number of nitro benzene ring substituents is 1. The summed E-state index contributed by atoms with van der Waals surface area (Å²) in [6.45, 7) is 3.62. The summed E-state index contributed by atoms with van der Waals surface area (Å²) in [7, 11) is 1.43. The number of non-ortho nitro benzene ring substituents is 1. The highest BCUT2D eigenvalue weighted by molar-refractivity contribution is 5.80. The molecule has 1 aliphatic rings. The molecule has 166 valence electrons. The molecule has 1 aliphatic heterocycles. The molecule has 1 saturated heterocycles. The molecule has 1 heterocycles. The molecule has 2 aromatic rings. The van der Waals surface area contributed by atoms with Gasteiger partial charge < -0.3 is 20.1 Å². The maximum Gasteiger partial charge on any atom is 0.269 e. The Labute approximate surface area is 180 Å². The summed E-state index contributed by atoms with van der Waals surface area (Å²) in [5.74, 6) is 0.322. The third-order valence-corrected chi connectivity index (χ3v) is 5.12. The van der Waals surface area contributed by atoms with E-state index in [1.165, 1.54) is 25.3 Å². The van der Waals surface area contributed by atoms with E-state index in [2.05, 4.69) is 15.6 Å². The number of hydrogen-bond acceptors (Lipinski definition) is 5. The van der Waals surface area contributed by atoms with E-state index >= 15 is 0 Å². The Hall–Kier alpha value is -3.20. The molecule has 31 heavy (non-hydrogen) atoms. The molecule has 3 rings (SSSR count). The Bertz CT molecular complexity index is 914. The van der Waals surface area contributed by atoms with Crippen molar-refractivity contribution in [3.05, 3.63) is 69.5 Å². The van der Waals surface area contributed by atoms with E-state index in [0.717, 1.165) is 30.6 Å². The van der Waals surface area contributed by atoms with Gasteiger partial charge in [0.1, 0.15) is 0 Å². The first-order valence-corrected chi connectivity index (χ1v) is 10.2. The Morgan fingerprint density at radius 1 is 1.35 bits per heavy atom. The van der Waals surface area contributed by atoms with E-state index in [1.807, 2.05) is 6.92 Å². The molecule has 0 spiro atoms. The summed E-state index contributed by atoms with van der Waals surface area (Å²) in [5, 5.41) is 17.4. The fourth-order valence-corrected chi connectivity index (χ4v) is 3.30. The molecular formula is C22H27FN4O4. The van der Waals surface area contributed by atoms with Crippen molar-refractivity contribution in [2.24, 2.45) is 4.99 Å². The van der Waals surface area contributed by atoms with Crippen LogP contribution in [0, 0.1) is 15.9 Å². The van der Waals surface area contributed by atoms with E-state index in [4.69, 9.17) is 9.47 Å². The van der Waals surface area contributed by atoms with Gasteiger partial charge in [-0.2, -0.15) is 0 Å². The normalized spacial score (nSPS) is 17.3. The highest BCUT2D eigenvalue weighted by atomic mass is 19.1. The minimum absolute atomic E-state index is 0.0396. The first-order chi connectivity index (χ1) is 15.0. The van der Waals surface area contributed by atoms with Crippen LogP contribution in [0.25, 0.3) is 0 Å². The van der Waals surface area contributed by atoms with Crippen molar-refractivity contribution in [3.8, 4) is 5.75 Å². The first-order valence-electron chi connectivity index (χ1n) is 10.2. The Balaban J connectivity index is 1.70. The summed E-state index contributed by atoms with van der Waals surface area (Å²) >= 11 is 0. The van der Waals surface area contributed by atoms with Gasteiger partial charge in [-0.15, -0.1) is 0 Å². The van der Waals surface area contributed by atoms with Crippen LogP contribution in [0.1, 0.15) is 36.9 Å². The average Bonchev–Trinajstić information content (AvgIpc) is 3.29. The van der Waals surface area contributed by atoms with Crippen LogP contribution in [0.3, 0.4) is 0 Å². The van der Waals surface area contributed by atoms with Crippen LogP contribution in [-0.2, 0) is 11.3 Å². The lowest BCUT2D eigenvalue weighted by Crippen LogP contribution is -2.42. The van der Waals surface area contributed by atoms with Gasteiger partial charge in [0, 0.05) is 25.3 Å². The molecule has 0 saturated carbocycles. The third kappa shape index (κ3) is 6.39. The molecule has 0 amide bonds. The number of rotatable bonds is 8. The lowest BCUT2D eigenvalue weighted by Gasteiger charge is -2.20. The van der Waals surface area contributed by atoms with Crippen LogP contribution in [0.2, 0.25) is 0 Å². The van der Waals surface area contributed by atoms with Gasteiger partial charge in [-0.3, -0.25) is 10.1 Å². The maximum atomic E-state index is 14.1.